The number of ether oxygens (including phenoxy) is 1. The van der Waals surface area contributed by atoms with Crippen molar-refractivity contribution in [3.05, 3.63) is 95.1 Å². The summed E-state index contributed by atoms with van der Waals surface area (Å²) in [7, 11) is 1.34. The van der Waals surface area contributed by atoms with Crippen molar-refractivity contribution in [1.82, 2.24) is 0 Å². The van der Waals surface area contributed by atoms with E-state index in [-0.39, 0.29) is 17.7 Å². The molecule has 0 bridgehead atoms. The summed E-state index contributed by atoms with van der Waals surface area (Å²) in [5.74, 6) is 5.55. The van der Waals surface area contributed by atoms with E-state index >= 15 is 0 Å². The van der Waals surface area contributed by atoms with Gasteiger partial charge < -0.3 is 15.4 Å². The molecule has 33 heavy (non-hydrogen) atoms. The maximum Gasteiger partial charge on any atom is 0.337 e. The van der Waals surface area contributed by atoms with Gasteiger partial charge in [-0.05, 0) is 73.5 Å². The molecule has 0 atom stereocenters. The minimum absolute atomic E-state index is 0.0298. The summed E-state index contributed by atoms with van der Waals surface area (Å²) < 4.78 is 4.73. The summed E-state index contributed by atoms with van der Waals surface area (Å²) >= 11 is 0. The van der Waals surface area contributed by atoms with Crippen LogP contribution in [-0.2, 0) is 9.53 Å². The van der Waals surface area contributed by atoms with Crippen LogP contribution in [0.1, 0.15) is 44.7 Å². The third kappa shape index (κ3) is 5.86. The number of carbonyl (C=O) groups excluding carboxylic acids is 3. The number of amides is 2. The minimum atomic E-state index is -0.415. The van der Waals surface area contributed by atoms with Crippen molar-refractivity contribution in [3.63, 3.8) is 0 Å². The maximum absolute atomic E-state index is 12.6. The Bertz CT molecular complexity index is 1270. The van der Waals surface area contributed by atoms with Crippen molar-refractivity contribution < 1.29 is 19.1 Å². The molecule has 2 N–H and O–H groups in total. The number of hydrogen-bond acceptors (Lipinski definition) is 4. The molecule has 3 aromatic carbocycles. The van der Waals surface area contributed by atoms with Gasteiger partial charge in [0.15, 0.2) is 0 Å². The topological polar surface area (TPSA) is 84.5 Å². The van der Waals surface area contributed by atoms with Gasteiger partial charge in [-0.3, -0.25) is 9.59 Å². The first kappa shape index (κ1) is 21.8. The Morgan fingerprint density at radius 3 is 2.12 bits per heavy atom. The number of anilines is 2. The number of esters is 1. The first-order valence-electron chi connectivity index (χ1n) is 10.5. The molecular formula is C27H22N2O4. The van der Waals surface area contributed by atoms with Crippen LogP contribution in [0.2, 0.25) is 0 Å². The average Bonchev–Trinajstić information content (AvgIpc) is 3.69. The number of hydrogen-bond donors (Lipinski definition) is 2. The molecule has 1 fully saturated rings. The summed E-state index contributed by atoms with van der Waals surface area (Å²) in [6.07, 6.45) is 1.88. The number of carbonyl (C=O) groups is 3. The third-order valence-electron chi connectivity index (χ3n) is 5.12. The Morgan fingerprint density at radius 2 is 1.45 bits per heavy atom. The van der Waals surface area contributed by atoms with Gasteiger partial charge in [-0.25, -0.2) is 4.79 Å². The fourth-order valence-corrected chi connectivity index (χ4v) is 3.16. The molecule has 4 rings (SSSR count). The lowest BCUT2D eigenvalue weighted by Gasteiger charge is -2.08. The molecule has 1 aliphatic rings. The average molecular weight is 438 g/mol. The molecule has 2 amide bonds. The van der Waals surface area contributed by atoms with Crippen LogP contribution in [0, 0.1) is 17.8 Å². The number of rotatable bonds is 5. The van der Waals surface area contributed by atoms with E-state index in [1.807, 2.05) is 12.1 Å². The second-order valence-electron chi connectivity index (χ2n) is 7.70. The van der Waals surface area contributed by atoms with E-state index in [1.165, 1.54) is 7.11 Å². The number of nitrogens with one attached hydrogen (secondary N) is 2. The Balaban J connectivity index is 1.41. The van der Waals surface area contributed by atoms with Crippen molar-refractivity contribution >= 4 is 29.2 Å². The second kappa shape index (κ2) is 9.84. The molecule has 0 aliphatic heterocycles. The van der Waals surface area contributed by atoms with Crippen LogP contribution in [-0.4, -0.2) is 24.9 Å². The Kier molecular flexibility index (Phi) is 6.51. The van der Waals surface area contributed by atoms with Crippen LogP contribution < -0.4 is 10.6 Å². The third-order valence-corrected chi connectivity index (χ3v) is 5.12. The van der Waals surface area contributed by atoms with Crippen LogP contribution in [0.3, 0.4) is 0 Å². The monoisotopic (exact) mass is 438 g/mol. The summed E-state index contributed by atoms with van der Waals surface area (Å²) in [6, 6.07) is 20.9. The van der Waals surface area contributed by atoms with Crippen LogP contribution in [0.5, 0.6) is 0 Å². The fraction of sp³-hybridized carbons (Fsp3) is 0.148. The number of methoxy groups -OCH3 is 1. The first-order chi connectivity index (χ1) is 16.0. The Labute approximate surface area is 192 Å². The predicted molar refractivity (Wildman–Crippen MR) is 126 cm³/mol. The molecule has 0 spiro atoms. The molecule has 0 aromatic heterocycles. The zero-order chi connectivity index (χ0) is 23.2. The highest BCUT2D eigenvalue weighted by atomic mass is 16.5. The summed E-state index contributed by atoms with van der Waals surface area (Å²) in [5, 5.41) is 5.72. The van der Waals surface area contributed by atoms with Crippen molar-refractivity contribution in [3.8, 4) is 11.8 Å². The lowest BCUT2D eigenvalue weighted by atomic mass is 10.1. The zero-order valence-corrected chi connectivity index (χ0v) is 18.1. The standard InChI is InChI=1S/C27H22N2O4/c1-33-27(32)22-6-2-4-18(16-22)8-9-19-5-3-7-24(17-19)29-26(31)21-12-14-23(15-13-21)28-25(30)20-10-11-20/h2-7,12-17,20H,10-11H2,1H3,(H,28,30)(H,29,31). The lowest BCUT2D eigenvalue weighted by molar-refractivity contribution is -0.117. The van der Waals surface area contributed by atoms with Crippen LogP contribution >= 0.6 is 0 Å². The highest BCUT2D eigenvalue weighted by Gasteiger charge is 2.29. The molecule has 0 heterocycles. The van der Waals surface area contributed by atoms with Crippen molar-refractivity contribution in [1.29, 1.82) is 0 Å². The van der Waals surface area contributed by atoms with Crippen LogP contribution in [0.15, 0.2) is 72.8 Å². The molecular weight excluding hydrogens is 416 g/mol. The number of benzene rings is 3. The van der Waals surface area contributed by atoms with Crippen molar-refractivity contribution in [2.45, 2.75) is 12.8 Å². The SMILES string of the molecule is COC(=O)c1cccc(C#Cc2cccc(NC(=O)c3ccc(NC(=O)C4CC4)cc3)c2)c1. The van der Waals surface area contributed by atoms with E-state index in [9.17, 15) is 14.4 Å². The molecule has 6 nitrogen and oxygen atoms in total. The van der Waals surface area contributed by atoms with Gasteiger partial charge in [-0.1, -0.05) is 24.0 Å². The molecule has 1 saturated carbocycles. The van der Waals surface area contributed by atoms with E-state index in [1.54, 1.807) is 60.7 Å². The smallest absolute Gasteiger partial charge is 0.337 e. The lowest BCUT2D eigenvalue weighted by Crippen LogP contribution is -2.14. The first-order valence-corrected chi connectivity index (χ1v) is 10.5. The van der Waals surface area contributed by atoms with Gasteiger partial charge in [0.05, 0.1) is 12.7 Å². The molecule has 3 aromatic rings. The molecule has 0 unspecified atom stereocenters. The van der Waals surface area contributed by atoms with Crippen molar-refractivity contribution in [2.24, 2.45) is 5.92 Å². The molecule has 1 aliphatic carbocycles. The highest BCUT2D eigenvalue weighted by Crippen LogP contribution is 2.30. The van der Waals surface area contributed by atoms with E-state index in [4.69, 9.17) is 4.74 Å². The van der Waals surface area contributed by atoms with Crippen LogP contribution in [0.25, 0.3) is 0 Å². The summed E-state index contributed by atoms with van der Waals surface area (Å²) in [6.45, 7) is 0. The van der Waals surface area contributed by atoms with Gasteiger partial charge in [0.25, 0.3) is 5.91 Å². The van der Waals surface area contributed by atoms with Gasteiger partial charge in [0, 0.05) is 34.0 Å². The molecule has 164 valence electrons. The van der Waals surface area contributed by atoms with Gasteiger partial charge in [0.1, 0.15) is 0 Å². The van der Waals surface area contributed by atoms with E-state index in [0.717, 1.165) is 18.4 Å². The van der Waals surface area contributed by atoms with E-state index in [2.05, 4.69) is 22.5 Å². The molecule has 6 heteroatoms. The molecule has 0 radical (unpaired) electrons. The Hall–Kier alpha value is -4.37. The highest BCUT2D eigenvalue weighted by molar-refractivity contribution is 6.04. The fourth-order valence-electron chi connectivity index (χ4n) is 3.16. The molecule has 0 saturated heterocycles. The van der Waals surface area contributed by atoms with Gasteiger partial charge in [-0.15, -0.1) is 0 Å². The van der Waals surface area contributed by atoms with Crippen LogP contribution in [0.4, 0.5) is 11.4 Å². The zero-order valence-electron chi connectivity index (χ0n) is 18.1. The maximum atomic E-state index is 12.6. The van der Waals surface area contributed by atoms with Gasteiger partial charge in [0.2, 0.25) is 5.91 Å². The normalized spacial score (nSPS) is 12.2. The van der Waals surface area contributed by atoms with E-state index < -0.39 is 5.97 Å². The van der Waals surface area contributed by atoms with Gasteiger partial charge in [-0.2, -0.15) is 0 Å². The van der Waals surface area contributed by atoms with Crippen molar-refractivity contribution in [2.75, 3.05) is 17.7 Å². The summed E-state index contributed by atoms with van der Waals surface area (Å²) in [5.41, 5.74) is 3.60. The predicted octanol–water partition coefficient (Wildman–Crippen LogP) is 4.47. The quantitative estimate of drug-likeness (QED) is 0.455. The van der Waals surface area contributed by atoms with Gasteiger partial charge >= 0.3 is 5.97 Å². The Morgan fingerprint density at radius 1 is 0.788 bits per heavy atom. The second-order valence-corrected chi connectivity index (χ2v) is 7.70. The summed E-state index contributed by atoms with van der Waals surface area (Å²) in [4.78, 5) is 36.1. The largest absolute Gasteiger partial charge is 0.465 e. The minimum Gasteiger partial charge on any atom is -0.465 e. The van der Waals surface area contributed by atoms with E-state index in [0.29, 0.717) is 28.1 Å².